The summed E-state index contributed by atoms with van der Waals surface area (Å²) in [4.78, 5) is 0. The van der Waals surface area contributed by atoms with Crippen molar-refractivity contribution < 1.29 is 9.84 Å². The summed E-state index contributed by atoms with van der Waals surface area (Å²) in [6, 6.07) is 13.0. The Morgan fingerprint density at radius 1 is 1.14 bits per heavy atom. The predicted molar refractivity (Wildman–Crippen MR) is 90.1 cm³/mol. The molecule has 0 saturated heterocycles. The molecule has 0 spiro atoms. The highest BCUT2D eigenvalue weighted by molar-refractivity contribution is 5.44. The Bertz CT molecular complexity index is 676. The van der Waals surface area contributed by atoms with E-state index in [1.807, 2.05) is 18.2 Å². The molecule has 0 aliphatic heterocycles. The van der Waals surface area contributed by atoms with E-state index in [1.54, 1.807) is 12.1 Å². The van der Waals surface area contributed by atoms with Gasteiger partial charge in [0.2, 0.25) is 0 Å². The van der Waals surface area contributed by atoms with Crippen molar-refractivity contribution in [1.82, 2.24) is 0 Å². The maximum atomic E-state index is 9.30. The lowest BCUT2D eigenvalue weighted by Crippen LogP contribution is -2.15. The molecule has 0 radical (unpaired) electrons. The van der Waals surface area contributed by atoms with Gasteiger partial charge in [0.15, 0.2) is 0 Å². The summed E-state index contributed by atoms with van der Waals surface area (Å²) in [5, 5.41) is 9.30. The molecule has 0 aliphatic rings. The van der Waals surface area contributed by atoms with Crippen molar-refractivity contribution >= 4 is 0 Å². The fourth-order valence-electron chi connectivity index (χ4n) is 2.12. The van der Waals surface area contributed by atoms with Crippen LogP contribution in [0.5, 0.6) is 11.5 Å². The maximum Gasteiger partial charge on any atom is 0.121 e. The molecule has 2 nitrogen and oxygen atoms in total. The zero-order chi connectivity index (χ0) is 16.2. The Morgan fingerprint density at radius 3 is 2.41 bits per heavy atom. The van der Waals surface area contributed by atoms with E-state index in [-0.39, 0.29) is 11.2 Å². The number of phenols is 1. The van der Waals surface area contributed by atoms with Crippen molar-refractivity contribution in [2.24, 2.45) is 0 Å². The van der Waals surface area contributed by atoms with Crippen LogP contribution in [0.15, 0.2) is 42.5 Å². The van der Waals surface area contributed by atoms with E-state index in [1.165, 1.54) is 5.56 Å². The van der Waals surface area contributed by atoms with E-state index < -0.39 is 0 Å². The van der Waals surface area contributed by atoms with Gasteiger partial charge < -0.3 is 9.84 Å². The minimum absolute atomic E-state index is 0.0590. The minimum Gasteiger partial charge on any atom is -0.508 e. The Hall–Kier alpha value is -2.40. The second-order valence-electron chi connectivity index (χ2n) is 6.08. The number of rotatable bonds is 5. The second-order valence-corrected chi connectivity index (χ2v) is 6.08. The average molecular weight is 294 g/mol. The van der Waals surface area contributed by atoms with Crippen LogP contribution in [0.4, 0.5) is 0 Å². The van der Waals surface area contributed by atoms with Gasteiger partial charge in [0.1, 0.15) is 18.1 Å². The van der Waals surface area contributed by atoms with E-state index >= 15 is 0 Å². The topological polar surface area (TPSA) is 29.5 Å². The average Bonchev–Trinajstić information content (AvgIpc) is 2.54. The molecule has 0 amide bonds. The number of hydrogen-bond acceptors (Lipinski definition) is 2. The molecule has 0 saturated carbocycles. The summed E-state index contributed by atoms with van der Waals surface area (Å²) < 4.78 is 5.88. The summed E-state index contributed by atoms with van der Waals surface area (Å²) in [5.74, 6) is 3.73. The van der Waals surface area contributed by atoms with Crippen LogP contribution in [-0.2, 0) is 12.0 Å². The highest BCUT2D eigenvalue weighted by Crippen LogP contribution is 2.31. The van der Waals surface area contributed by atoms with Gasteiger partial charge in [-0.2, -0.15) is 0 Å². The molecule has 2 rings (SSSR count). The molecular formula is C20H22O2. The highest BCUT2D eigenvalue weighted by atomic mass is 16.5. The van der Waals surface area contributed by atoms with Crippen LogP contribution in [0.2, 0.25) is 0 Å². The summed E-state index contributed by atoms with van der Waals surface area (Å²) in [6.45, 7) is 7.01. The van der Waals surface area contributed by atoms with Gasteiger partial charge in [-0.3, -0.25) is 0 Å². The zero-order valence-electron chi connectivity index (χ0n) is 13.4. The van der Waals surface area contributed by atoms with Crippen molar-refractivity contribution in [2.45, 2.75) is 39.2 Å². The van der Waals surface area contributed by atoms with E-state index in [4.69, 9.17) is 11.2 Å². The van der Waals surface area contributed by atoms with Gasteiger partial charge in [-0.05, 0) is 53.3 Å². The number of aromatic hydroxyl groups is 1. The molecular weight excluding hydrogens is 272 g/mol. The van der Waals surface area contributed by atoms with Crippen LogP contribution in [-0.4, -0.2) is 5.11 Å². The standard InChI is InChI=1S/C20H22O2/c1-5-15-11-17(20(3,4)6-2)13-19(12-15)22-14-16-7-9-18(21)10-8-16/h1,7-13,21H,6,14H2,2-4H3. The molecule has 0 unspecified atom stereocenters. The third-order valence-corrected chi connectivity index (χ3v) is 4.08. The van der Waals surface area contributed by atoms with Gasteiger partial charge in [0, 0.05) is 5.56 Å². The first-order chi connectivity index (χ1) is 10.4. The third kappa shape index (κ3) is 3.83. The number of hydrogen-bond donors (Lipinski definition) is 1. The third-order valence-electron chi connectivity index (χ3n) is 4.08. The van der Waals surface area contributed by atoms with E-state index in [0.717, 1.165) is 23.3 Å². The van der Waals surface area contributed by atoms with Crippen molar-refractivity contribution in [3.05, 3.63) is 59.2 Å². The first kappa shape index (κ1) is 16.0. The molecule has 114 valence electrons. The molecule has 0 heterocycles. The number of benzene rings is 2. The van der Waals surface area contributed by atoms with Gasteiger partial charge >= 0.3 is 0 Å². The molecule has 0 fully saturated rings. The van der Waals surface area contributed by atoms with Gasteiger partial charge in [-0.1, -0.05) is 38.8 Å². The Morgan fingerprint density at radius 2 is 1.82 bits per heavy atom. The molecule has 1 N–H and O–H groups in total. The van der Waals surface area contributed by atoms with Crippen LogP contribution in [0.25, 0.3) is 0 Å². The lowest BCUT2D eigenvalue weighted by molar-refractivity contribution is 0.305. The smallest absolute Gasteiger partial charge is 0.121 e. The normalized spacial score (nSPS) is 11.0. The Labute approximate surface area is 132 Å². The number of phenolic OH excluding ortho intramolecular Hbond substituents is 1. The van der Waals surface area contributed by atoms with Crippen LogP contribution in [0.1, 0.15) is 43.9 Å². The minimum atomic E-state index is 0.0590. The lowest BCUT2D eigenvalue weighted by atomic mass is 9.81. The van der Waals surface area contributed by atoms with Gasteiger partial charge in [-0.25, -0.2) is 0 Å². The monoisotopic (exact) mass is 294 g/mol. The van der Waals surface area contributed by atoms with Crippen molar-refractivity contribution in [3.8, 4) is 23.8 Å². The largest absolute Gasteiger partial charge is 0.508 e. The van der Waals surface area contributed by atoms with Crippen LogP contribution in [0, 0.1) is 12.3 Å². The fraction of sp³-hybridized carbons (Fsp3) is 0.300. The van der Waals surface area contributed by atoms with Crippen molar-refractivity contribution in [3.63, 3.8) is 0 Å². The Balaban J connectivity index is 2.22. The van der Waals surface area contributed by atoms with Crippen LogP contribution < -0.4 is 4.74 Å². The Kier molecular flexibility index (Phi) is 4.78. The van der Waals surface area contributed by atoms with Crippen molar-refractivity contribution in [2.75, 3.05) is 0 Å². The van der Waals surface area contributed by atoms with Gasteiger partial charge in [0.25, 0.3) is 0 Å². The summed E-state index contributed by atoms with van der Waals surface area (Å²) >= 11 is 0. The van der Waals surface area contributed by atoms with Gasteiger partial charge in [-0.15, -0.1) is 6.42 Å². The zero-order valence-corrected chi connectivity index (χ0v) is 13.4. The fourth-order valence-corrected chi connectivity index (χ4v) is 2.12. The molecule has 0 atom stereocenters. The van der Waals surface area contributed by atoms with E-state index in [2.05, 4.69) is 38.8 Å². The second kappa shape index (κ2) is 6.58. The van der Waals surface area contributed by atoms with Gasteiger partial charge in [0.05, 0.1) is 0 Å². The predicted octanol–water partition coefficient (Wildman–Crippen LogP) is 4.64. The first-order valence-corrected chi connectivity index (χ1v) is 7.47. The summed E-state index contributed by atoms with van der Waals surface area (Å²) in [6.07, 6.45) is 6.59. The molecule has 0 bridgehead atoms. The summed E-state index contributed by atoms with van der Waals surface area (Å²) in [7, 11) is 0. The number of terminal acetylenes is 1. The van der Waals surface area contributed by atoms with E-state index in [0.29, 0.717) is 6.61 Å². The lowest BCUT2D eigenvalue weighted by Gasteiger charge is -2.24. The van der Waals surface area contributed by atoms with Crippen molar-refractivity contribution in [1.29, 1.82) is 0 Å². The molecule has 0 aliphatic carbocycles. The molecule has 22 heavy (non-hydrogen) atoms. The number of ether oxygens (including phenoxy) is 1. The molecule has 2 aromatic rings. The maximum absolute atomic E-state index is 9.30. The SMILES string of the molecule is C#Cc1cc(OCc2ccc(O)cc2)cc(C(C)(C)CC)c1. The summed E-state index contributed by atoms with van der Waals surface area (Å²) in [5.41, 5.74) is 3.08. The highest BCUT2D eigenvalue weighted by Gasteiger charge is 2.19. The quantitative estimate of drug-likeness (QED) is 0.814. The molecule has 2 aromatic carbocycles. The molecule has 0 aromatic heterocycles. The first-order valence-electron chi connectivity index (χ1n) is 7.47. The molecule has 2 heteroatoms. The van der Waals surface area contributed by atoms with Crippen LogP contribution >= 0.6 is 0 Å². The van der Waals surface area contributed by atoms with Crippen LogP contribution in [0.3, 0.4) is 0 Å². The van der Waals surface area contributed by atoms with E-state index in [9.17, 15) is 5.11 Å².